The number of hydrogen-bond acceptors (Lipinski definition) is 6. The highest BCUT2D eigenvalue weighted by Crippen LogP contribution is 2.31. The maximum atomic E-state index is 13.1. The second-order valence-electron chi connectivity index (χ2n) is 8.91. The van der Waals surface area contributed by atoms with Gasteiger partial charge in [-0.1, -0.05) is 40.5 Å². The SMILES string of the molecule is Cc1ccc(Oc2ccc(-c3noc([C@@H]4CCCN(S(=O)(=O)c5ccc(C)cc5)C4)n3)cc2)cc1. The van der Waals surface area contributed by atoms with Crippen molar-refractivity contribution in [1.29, 1.82) is 0 Å². The summed E-state index contributed by atoms with van der Waals surface area (Å²) >= 11 is 0. The van der Waals surface area contributed by atoms with E-state index in [9.17, 15) is 8.42 Å². The van der Waals surface area contributed by atoms with E-state index in [1.807, 2.05) is 74.5 Å². The van der Waals surface area contributed by atoms with Crippen LogP contribution in [0.4, 0.5) is 0 Å². The summed E-state index contributed by atoms with van der Waals surface area (Å²) in [5.74, 6) is 2.27. The van der Waals surface area contributed by atoms with E-state index >= 15 is 0 Å². The molecule has 3 aromatic carbocycles. The van der Waals surface area contributed by atoms with Gasteiger partial charge in [0, 0.05) is 18.7 Å². The van der Waals surface area contributed by atoms with Crippen molar-refractivity contribution >= 4 is 10.0 Å². The van der Waals surface area contributed by atoms with Crippen LogP contribution < -0.4 is 4.74 Å². The Morgan fingerprint density at radius 3 is 2.14 bits per heavy atom. The van der Waals surface area contributed by atoms with Crippen molar-refractivity contribution in [2.45, 2.75) is 37.5 Å². The standard InChI is InChI=1S/C27H27N3O4S/c1-19-5-11-23(12-6-19)33-24-13-9-21(10-14-24)26-28-27(34-29-26)22-4-3-17-30(18-22)35(31,32)25-15-7-20(2)8-16-25/h5-16,22H,3-4,17-18H2,1-2H3/t22-/m1/s1. The fourth-order valence-electron chi connectivity index (χ4n) is 4.15. The summed E-state index contributed by atoms with van der Waals surface area (Å²) in [6.45, 7) is 4.77. The van der Waals surface area contributed by atoms with Crippen molar-refractivity contribution in [3.8, 4) is 22.9 Å². The molecule has 1 aliphatic rings. The van der Waals surface area contributed by atoms with Crippen molar-refractivity contribution in [3.63, 3.8) is 0 Å². The second kappa shape index (κ2) is 9.64. The number of rotatable bonds is 6. The number of ether oxygens (including phenoxy) is 1. The van der Waals surface area contributed by atoms with Gasteiger partial charge < -0.3 is 9.26 Å². The zero-order chi connectivity index (χ0) is 24.4. The molecule has 0 spiro atoms. The summed E-state index contributed by atoms with van der Waals surface area (Å²) in [4.78, 5) is 4.90. The molecule has 0 amide bonds. The van der Waals surface area contributed by atoms with Gasteiger partial charge in [0.2, 0.25) is 21.7 Å². The van der Waals surface area contributed by atoms with Crippen LogP contribution in [0.3, 0.4) is 0 Å². The van der Waals surface area contributed by atoms with E-state index in [-0.39, 0.29) is 5.92 Å². The van der Waals surface area contributed by atoms with Gasteiger partial charge in [-0.25, -0.2) is 8.42 Å². The van der Waals surface area contributed by atoms with Crippen LogP contribution in [0.1, 0.15) is 35.8 Å². The highest BCUT2D eigenvalue weighted by molar-refractivity contribution is 7.89. The molecule has 1 aromatic heterocycles. The van der Waals surface area contributed by atoms with E-state index in [0.717, 1.165) is 29.7 Å². The molecule has 0 N–H and O–H groups in total. The molecular weight excluding hydrogens is 462 g/mol. The first-order valence-electron chi connectivity index (χ1n) is 11.6. The maximum absolute atomic E-state index is 13.1. The first kappa shape index (κ1) is 23.3. The van der Waals surface area contributed by atoms with Gasteiger partial charge in [-0.05, 0) is 75.2 Å². The molecular formula is C27H27N3O4S. The fourth-order valence-corrected chi connectivity index (χ4v) is 5.68. The highest BCUT2D eigenvalue weighted by Gasteiger charge is 2.33. The lowest BCUT2D eigenvalue weighted by Gasteiger charge is -2.30. The molecule has 0 radical (unpaired) electrons. The number of aryl methyl sites for hydroxylation is 2. The number of piperidine rings is 1. The first-order chi connectivity index (χ1) is 16.9. The zero-order valence-corrected chi connectivity index (χ0v) is 20.5. The minimum absolute atomic E-state index is 0.144. The Hall–Kier alpha value is -3.49. The summed E-state index contributed by atoms with van der Waals surface area (Å²) in [6.07, 6.45) is 1.53. The predicted molar refractivity (Wildman–Crippen MR) is 133 cm³/mol. The van der Waals surface area contributed by atoms with Crippen molar-refractivity contribution in [1.82, 2.24) is 14.4 Å². The van der Waals surface area contributed by atoms with E-state index in [1.165, 1.54) is 9.87 Å². The van der Waals surface area contributed by atoms with Crippen LogP contribution in [0.25, 0.3) is 11.4 Å². The van der Waals surface area contributed by atoms with E-state index in [0.29, 0.717) is 35.4 Å². The maximum Gasteiger partial charge on any atom is 0.243 e. The molecule has 0 aliphatic carbocycles. The topological polar surface area (TPSA) is 85.5 Å². The van der Waals surface area contributed by atoms with Gasteiger partial charge >= 0.3 is 0 Å². The van der Waals surface area contributed by atoms with Gasteiger partial charge in [0.25, 0.3) is 0 Å². The molecule has 1 atom stereocenters. The van der Waals surface area contributed by atoms with Crippen LogP contribution in [0.2, 0.25) is 0 Å². The first-order valence-corrected chi connectivity index (χ1v) is 13.1. The van der Waals surface area contributed by atoms with Crippen molar-refractivity contribution in [3.05, 3.63) is 89.8 Å². The van der Waals surface area contributed by atoms with Crippen LogP contribution in [-0.2, 0) is 10.0 Å². The van der Waals surface area contributed by atoms with Gasteiger partial charge in [-0.15, -0.1) is 0 Å². The lowest BCUT2D eigenvalue weighted by atomic mass is 10.00. The zero-order valence-electron chi connectivity index (χ0n) is 19.7. The average Bonchev–Trinajstić information content (AvgIpc) is 3.37. The minimum Gasteiger partial charge on any atom is -0.457 e. The molecule has 2 heterocycles. The van der Waals surface area contributed by atoms with Gasteiger partial charge in [0.05, 0.1) is 10.8 Å². The Kier molecular flexibility index (Phi) is 6.40. The molecule has 1 fully saturated rings. The third-order valence-corrected chi connectivity index (χ3v) is 8.08. The van der Waals surface area contributed by atoms with Gasteiger partial charge in [-0.3, -0.25) is 0 Å². The van der Waals surface area contributed by atoms with E-state index in [4.69, 9.17) is 9.26 Å². The molecule has 0 bridgehead atoms. The lowest BCUT2D eigenvalue weighted by Crippen LogP contribution is -2.39. The van der Waals surface area contributed by atoms with Crippen LogP contribution in [-0.4, -0.2) is 36.0 Å². The Morgan fingerprint density at radius 2 is 1.49 bits per heavy atom. The monoisotopic (exact) mass is 489 g/mol. The predicted octanol–water partition coefficient (Wildman–Crippen LogP) is 5.71. The average molecular weight is 490 g/mol. The number of sulfonamides is 1. The third kappa shape index (κ3) is 5.13. The third-order valence-electron chi connectivity index (χ3n) is 6.20. The summed E-state index contributed by atoms with van der Waals surface area (Å²) in [6, 6.07) is 22.3. The highest BCUT2D eigenvalue weighted by atomic mass is 32.2. The van der Waals surface area contributed by atoms with Gasteiger partial charge in [0.15, 0.2) is 0 Å². The number of aromatic nitrogens is 2. The van der Waals surface area contributed by atoms with Crippen molar-refractivity contribution in [2.75, 3.05) is 13.1 Å². The Bertz CT molecular complexity index is 1400. The van der Waals surface area contributed by atoms with E-state index in [1.54, 1.807) is 12.1 Å². The number of hydrogen-bond donors (Lipinski definition) is 0. The van der Waals surface area contributed by atoms with Crippen LogP contribution in [0.5, 0.6) is 11.5 Å². The summed E-state index contributed by atoms with van der Waals surface area (Å²) < 4.78 is 39.2. The van der Waals surface area contributed by atoms with Crippen LogP contribution >= 0.6 is 0 Å². The van der Waals surface area contributed by atoms with E-state index < -0.39 is 10.0 Å². The molecule has 180 valence electrons. The Balaban J connectivity index is 1.28. The van der Waals surface area contributed by atoms with Gasteiger partial charge in [-0.2, -0.15) is 9.29 Å². The Labute approximate surface area is 205 Å². The van der Waals surface area contributed by atoms with Crippen LogP contribution in [0, 0.1) is 13.8 Å². The molecule has 35 heavy (non-hydrogen) atoms. The molecule has 5 rings (SSSR count). The molecule has 0 unspecified atom stereocenters. The summed E-state index contributed by atoms with van der Waals surface area (Å²) in [5, 5.41) is 4.15. The quantitative estimate of drug-likeness (QED) is 0.345. The number of benzene rings is 3. The molecule has 0 saturated carbocycles. The normalized spacial score (nSPS) is 16.8. The fraction of sp³-hybridized carbons (Fsp3) is 0.259. The minimum atomic E-state index is -3.57. The van der Waals surface area contributed by atoms with Gasteiger partial charge in [0.1, 0.15) is 11.5 Å². The molecule has 1 saturated heterocycles. The molecule has 4 aromatic rings. The van der Waals surface area contributed by atoms with Crippen LogP contribution in [0.15, 0.2) is 82.2 Å². The van der Waals surface area contributed by atoms with E-state index in [2.05, 4.69) is 10.1 Å². The smallest absolute Gasteiger partial charge is 0.243 e. The second-order valence-corrected chi connectivity index (χ2v) is 10.8. The molecule has 1 aliphatic heterocycles. The van der Waals surface area contributed by atoms with Crippen molar-refractivity contribution in [2.24, 2.45) is 0 Å². The largest absolute Gasteiger partial charge is 0.457 e. The van der Waals surface area contributed by atoms with Crippen molar-refractivity contribution < 1.29 is 17.7 Å². The molecule has 7 nitrogen and oxygen atoms in total. The summed E-state index contributed by atoms with van der Waals surface area (Å²) in [5.41, 5.74) is 3.00. The lowest BCUT2D eigenvalue weighted by molar-refractivity contribution is 0.265. The number of nitrogens with zero attached hydrogens (tertiary/aromatic N) is 3. The summed E-state index contributed by atoms with van der Waals surface area (Å²) in [7, 11) is -3.57. The Morgan fingerprint density at radius 1 is 0.886 bits per heavy atom. The molecule has 8 heteroatoms.